The van der Waals surface area contributed by atoms with Gasteiger partial charge in [0, 0.05) is 29.7 Å². The Morgan fingerprint density at radius 1 is 1.07 bits per heavy atom. The molecule has 6 heteroatoms. The lowest BCUT2D eigenvalue weighted by atomic mass is 9.96. The van der Waals surface area contributed by atoms with E-state index in [4.69, 9.17) is 27.9 Å². The third kappa shape index (κ3) is 5.42. The van der Waals surface area contributed by atoms with Crippen molar-refractivity contribution < 1.29 is 13.9 Å². The van der Waals surface area contributed by atoms with Crippen molar-refractivity contribution >= 4 is 29.0 Å². The van der Waals surface area contributed by atoms with Crippen molar-refractivity contribution in [1.82, 2.24) is 4.90 Å². The average Bonchev–Trinajstić information content (AvgIpc) is 3.52. The van der Waals surface area contributed by atoms with Gasteiger partial charge in [0.05, 0.1) is 18.3 Å². The normalized spacial score (nSPS) is 18.0. The van der Waals surface area contributed by atoms with Gasteiger partial charge in [0.1, 0.15) is 5.82 Å². The van der Waals surface area contributed by atoms with Crippen LogP contribution in [0, 0.1) is 5.82 Å². The number of carbonyl (C=O) groups is 1. The predicted octanol–water partition coefficient (Wildman–Crippen LogP) is 6.39. The molecule has 0 radical (unpaired) electrons. The Bertz CT molecular complexity index is 917. The summed E-state index contributed by atoms with van der Waals surface area (Å²) >= 11 is 12.1. The van der Waals surface area contributed by atoms with Crippen LogP contribution in [-0.2, 0) is 17.9 Å². The highest BCUT2D eigenvalue weighted by molar-refractivity contribution is 6.34. The lowest BCUT2D eigenvalue weighted by Gasteiger charge is -2.32. The molecule has 4 rings (SSSR count). The van der Waals surface area contributed by atoms with Crippen LogP contribution in [0.5, 0.6) is 0 Å². The highest BCUT2D eigenvalue weighted by Crippen LogP contribution is 2.43. The van der Waals surface area contributed by atoms with E-state index >= 15 is 0 Å². The molecule has 160 valence electrons. The van der Waals surface area contributed by atoms with Crippen molar-refractivity contribution in [2.45, 2.75) is 57.8 Å². The van der Waals surface area contributed by atoms with Gasteiger partial charge in [-0.3, -0.25) is 9.69 Å². The number of benzene rings is 2. The van der Waals surface area contributed by atoms with Crippen molar-refractivity contribution in [3.05, 3.63) is 68.4 Å². The summed E-state index contributed by atoms with van der Waals surface area (Å²) in [7, 11) is 0. The summed E-state index contributed by atoms with van der Waals surface area (Å²) in [6.45, 7) is 4.45. The summed E-state index contributed by atoms with van der Waals surface area (Å²) in [6.07, 6.45) is 4.31. The molecule has 30 heavy (non-hydrogen) atoms. The Hall–Kier alpha value is -1.46. The summed E-state index contributed by atoms with van der Waals surface area (Å²) in [5.74, 6) is -0.135. The van der Waals surface area contributed by atoms with Crippen molar-refractivity contribution in [3.8, 4) is 0 Å². The number of hydrogen-bond donors (Lipinski definition) is 0. The topological polar surface area (TPSA) is 29.5 Å². The summed E-state index contributed by atoms with van der Waals surface area (Å²) in [4.78, 5) is 14.1. The molecule has 1 aliphatic heterocycles. The SMILES string of the molecule is CC(=O)c1cc(C2CC2)c(CN2CCC(OCc3cc(Cl)cc(Cl)c3)CC2)cc1F. The Morgan fingerprint density at radius 2 is 1.73 bits per heavy atom. The van der Waals surface area contributed by atoms with Gasteiger partial charge in [-0.15, -0.1) is 0 Å². The van der Waals surface area contributed by atoms with Gasteiger partial charge in [-0.25, -0.2) is 4.39 Å². The molecule has 1 saturated heterocycles. The molecule has 0 N–H and O–H groups in total. The molecule has 2 aromatic carbocycles. The van der Waals surface area contributed by atoms with E-state index in [1.54, 1.807) is 18.2 Å². The molecule has 0 unspecified atom stereocenters. The van der Waals surface area contributed by atoms with Crippen molar-refractivity contribution in [2.75, 3.05) is 13.1 Å². The summed E-state index contributed by atoms with van der Waals surface area (Å²) < 4.78 is 20.5. The molecule has 3 nitrogen and oxygen atoms in total. The number of likely N-dealkylation sites (tertiary alicyclic amines) is 1. The van der Waals surface area contributed by atoms with E-state index in [0.29, 0.717) is 22.6 Å². The number of ether oxygens (including phenoxy) is 1. The molecular weight excluding hydrogens is 424 g/mol. The van der Waals surface area contributed by atoms with Gasteiger partial charge in [0.15, 0.2) is 5.78 Å². The van der Waals surface area contributed by atoms with E-state index < -0.39 is 5.82 Å². The monoisotopic (exact) mass is 449 g/mol. The number of rotatable bonds is 7. The standard InChI is InChI=1S/C24H26Cl2FNO2/c1-15(29)22-12-23(17-2-3-17)18(10-24(22)27)13-28-6-4-21(5-7-28)30-14-16-8-19(25)11-20(26)9-16/h8-12,17,21H,2-7,13-14H2,1H3. The molecule has 2 fully saturated rings. The third-order valence-electron chi connectivity index (χ3n) is 5.96. The minimum Gasteiger partial charge on any atom is -0.373 e. The van der Waals surface area contributed by atoms with Gasteiger partial charge >= 0.3 is 0 Å². The number of nitrogens with zero attached hydrogens (tertiary/aromatic N) is 1. The smallest absolute Gasteiger partial charge is 0.162 e. The summed E-state index contributed by atoms with van der Waals surface area (Å²) in [5.41, 5.74) is 3.37. The predicted molar refractivity (Wildman–Crippen MR) is 118 cm³/mol. The zero-order chi connectivity index (χ0) is 21.3. The molecule has 0 spiro atoms. The Morgan fingerprint density at radius 3 is 2.33 bits per heavy atom. The van der Waals surface area contributed by atoms with E-state index in [2.05, 4.69) is 4.90 Å². The van der Waals surface area contributed by atoms with Crippen LogP contribution in [0.2, 0.25) is 10.0 Å². The van der Waals surface area contributed by atoms with Crippen LogP contribution in [0.15, 0.2) is 30.3 Å². The molecular formula is C24H26Cl2FNO2. The summed E-state index contributed by atoms with van der Waals surface area (Å²) in [5, 5.41) is 1.23. The highest BCUT2D eigenvalue weighted by atomic mass is 35.5. The molecule has 1 saturated carbocycles. The maximum atomic E-state index is 14.4. The maximum absolute atomic E-state index is 14.4. The van der Waals surface area contributed by atoms with Crippen LogP contribution < -0.4 is 0 Å². The minimum atomic E-state index is -0.402. The first-order valence-electron chi connectivity index (χ1n) is 10.5. The lowest BCUT2D eigenvalue weighted by molar-refractivity contribution is -0.00399. The lowest BCUT2D eigenvalue weighted by Crippen LogP contribution is -2.36. The maximum Gasteiger partial charge on any atom is 0.162 e. The Kier molecular flexibility index (Phi) is 6.78. The van der Waals surface area contributed by atoms with Crippen LogP contribution in [0.4, 0.5) is 4.39 Å². The fourth-order valence-corrected chi connectivity index (χ4v) is 4.77. The van der Waals surface area contributed by atoms with Crippen molar-refractivity contribution in [2.24, 2.45) is 0 Å². The first kappa shape index (κ1) is 21.8. The van der Waals surface area contributed by atoms with Gasteiger partial charge < -0.3 is 4.74 Å². The average molecular weight is 450 g/mol. The van der Waals surface area contributed by atoms with E-state index in [9.17, 15) is 9.18 Å². The molecule has 1 aliphatic carbocycles. The molecule has 0 amide bonds. The zero-order valence-electron chi connectivity index (χ0n) is 17.1. The highest BCUT2D eigenvalue weighted by Gasteiger charge is 2.29. The van der Waals surface area contributed by atoms with Crippen LogP contribution in [0.25, 0.3) is 0 Å². The molecule has 0 atom stereocenters. The van der Waals surface area contributed by atoms with Gasteiger partial charge in [-0.2, -0.15) is 0 Å². The second-order valence-electron chi connectivity index (χ2n) is 8.43. The number of halogens is 3. The minimum absolute atomic E-state index is 0.193. The quantitative estimate of drug-likeness (QED) is 0.458. The van der Waals surface area contributed by atoms with Crippen molar-refractivity contribution in [3.63, 3.8) is 0 Å². The van der Waals surface area contributed by atoms with Crippen LogP contribution in [-0.4, -0.2) is 29.9 Å². The van der Waals surface area contributed by atoms with Gasteiger partial charge in [0.2, 0.25) is 0 Å². The number of hydrogen-bond acceptors (Lipinski definition) is 3. The van der Waals surface area contributed by atoms with Gasteiger partial charge in [-0.1, -0.05) is 23.2 Å². The molecule has 2 aromatic rings. The van der Waals surface area contributed by atoms with Gasteiger partial charge in [0.25, 0.3) is 0 Å². The van der Waals surface area contributed by atoms with E-state index in [-0.39, 0.29) is 17.5 Å². The van der Waals surface area contributed by atoms with E-state index in [1.807, 2.05) is 12.1 Å². The second kappa shape index (κ2) is 9.35. The molecule has 0 bridgehead atoms. The first-order valence-corrected chi connectivity index (χ1v) is 11.3. The summed E-state index contributed by atoms with van der Waals surface area (Å²) in [6, 6.07) is 8.84. The Balaban J connectivity index is 1.34. The zero-order valence-corrected chi connectivity index (χ0v) is 18.6. The largest absolute Gasteiger partial charge is 0.373 e. The fourth-order valence-electron chi connectivity index (χ4n) is 4.20. The first-order chi connectivity index (χ1) is 14.4. The number of piperidine rings is 1. The van der Waals surface area contributed by atoms with Crippen LogP contribution >= 0.6 is 23.2 Å². The number of ketones is 1. The second-order valence-corrected chi connectivity index (χ2v) is 9.30. The van der Waals surface area contributed by atoms with E-state index in [1.165, 1.54) is 6.92 Å². The molecule has 2 aliphatic rings. The molecule has 0 aromatic heterocycles. The van der Waals surface area contributed by atoms with Gasteiger partial charge in [-0.05, 0) is 85.5 Å². The fraction of sp³-hybridized carbons (Fsp3) is 0.458. The Labute approximate surface area is 187 Å². The van der Waals surface area contributed by atoms with Crippen LogP contribution in [0.1, 0.15) is 65.6 Å². The third-order valence-corrected chi connectivity index (χ3v) is 6.40. The van der Waals surface area contributed by atoms with E-state index in [0.717, 1.165) is 62.0 Å². The molecule has 1 heterocycles. The number of Topliss-reactive ketones (excluding diaryl/α,β-unsaturated/α-hetero) is 1. The number of carbonyl (C=O) groups excluding carboxylic acids is 1. The van der Waals surface area contributed by atoms with Crippen molar-refractivity contribution in [1.29, 1.82) is 0 Å². The van der Waals surface area contributed by atoms with Crippen LogP contribution in [0.3, 0.4) is 0 Å².